The lowest BCUT2D eigenvalue weighted by molar-refractivity contribution is -0.139. The quantitative estimate of drug-likeness (QED) is 0.814. The maximum absolute atomic E-state index is 10.6. The van der Waals surface area contributed by atoms with Crippen LogP contribution in [0.1, 0.15) is 18.1 Å². The van der Waals surface area contributed by atoms with Crippen molar-refractivity contribution in [1.82, 2.24) is 4.98 Å². The molecule has 0 saturated heterocycles. The fraction of sp³-hybridized carbons (Fsp3) is 0.235. The smallest absolute Gasteiger partial charge is 0.341 e. The van der Waals surface area contributed by atoms with Crippen molar-refractivity contribution in [2.24, 2.45) is 0 Å². The number of carboxylic acid groups (broad SMARTS) is 1. The number of rotatable bonds is 6. The molecule has 1 aromatic heterocycles. The molecule has 0 aliphatic carbocycles. The number of hydrogen-bond acceptors (Lipinski definition) is 5. The highest BCUT2D eigenvalue weighted by atomic mass is 35.5. The normalized spacial score (nSPS) is 10.2. The van der Waals surface area contributed by atoms with Gasteiger partial charge in [0.25, 0.3) is 0 Å². The molecule has 2 aromatic rings. The minimum Gasteiger partial charge on any atom is -0.480 e. The zero-order valence-electron chi connectivity index (χ0n) is 13.5. The first-order valence-corrected chi connectivity index (χ1v) is 7.99. The largest absolute Gasteiger partial charge is 0.480 e. The van der Waals surface area contributed by atoms with Crippen LogP contribution in [0.5, 0.6) is 11.6 Å². The van der Waals surface area contributed by atoms with Gasteiger partial charge in [-0.2, -0.15) is 5.26 Å². The summed E-state index contributed by atoms with van der Waals surface area (Å²) in [5.74, 6) is -0.771. The topological polar surface area (TPSA) is 92.4 Å². The molecule has 1 N–H and O–H groups in total. The summed E-state index contributed by atoms with van der Waals surface area (Å²) in [5, 5.41) is 18.1. The number of aromatic nitrogens is 1. The summed E-state index contributed by atoms with van der Waals surface area (Å²) in [6.45, 7) is 1.40. The second-order valence-electron chi connectivity index (χ2n) is 4.94. The van der Waals surface area contributed by atoms with Crippen LogP contribution in [0.25, 0.3) is 11.3 Å². The van der Waals surface area contributed by atoms with Crippen molar-refractivity contribution < 1.29 is 19.4 Å². The molecule has 2 rings (SSSR count). The molecule has 1 aromatic carbocycles. The Kier molecular flexibility index (Phi) is 6.07. The van der Waals surface area contributed by atoms with E-state index in [1.165, 1.54) is 13.2 Å². The lowest BCUT2D eigenvalue weighted by Crippen LogP contribution is -2.09. The van der Waals surface area contributed by atoms with Gasteiger partial charge in [-0.25, -0.2) is 9.78 Å². The lowest BCUT2D eigenvalue weighted by atomic mass is 10.0. The number of pyridine rings is 1. The van der Waals surface area contributed by atoms with Gasteiger partial charge in [-0.1, -0.05) is 30.1 Å². The number of ether oxygens (including phenoxy) is 2. The van der Waals surface area contributed by atoms with Gasteiger partial charge in [0, 0.05) is 5.56 Å². The molecule has 0 amide bonds. The molecule has 0 fully saturated rings. The number of carboxylic acids is 1. The predicted octanol–water partition coefficient (Wildman–Crippen LogP) is 3.96. The summed E-state index contributed by atoms with van der Waals surface area (Å²) >= 11 is 12.5. The molecular formula is C17H14Cl2N2O4. The zero-order chi connectivity index (χ0) is 18.6. The molecule has 0 radical (unpaired) electrons. The van der Waals surface area contributed by atoms with Crippen molar-refractivity contribution in [2.75, 3.05) is 13.7 Å². The van der Waals surface area contributed by atoms with Crippen molar-refractivity contribution in [3.63, 3.8) is 0 Å². The summed E-state index contributed by atoms with van der Waals surface area (Å²) in [6, 6.07) is 6.90. The molecule has 0 unspecified atom stereocenters. The maximum atomic E-state index is 10.6. The molecule has 130 valence electrons. The van der Waals surface area contributed by atoms with Crippen LogP contribution in [-0.4, -0.2) is 29.8 Å². The number of carbonyl (C=O) groups is 1. The Labute approximate surface area is 154 Å². The minimum absolute atomic E-state index is 0.0904. The van der Waals surface area contributed by atoms with Gasteiger partial charge in [-0.15, -0.1) is 0 Å². The van der Waals surface area contributed by atoms with Gasteiger partial charge >= 0.3 is 5.97 Å². The predicted molar refractivity (Wildman–Crippen MR) is 93.5 cm³/mol. The minimum atomic E-state index is -1.12. The van der Waals surface area contributed by atoms with Crippen LogP contribution in [0.4, 0.5) is 0 Å². The van der Waals surface area contributed by atoms with Gasteiger partial charge in [0.05, 0.1) is 17.8 Å². The lowest BCUT2D eigenvalue weighted by Gasteiger charge is -2.14. The van der Waals surface area contributed by atoms with Gasteiger partial charge in [-0.05, 0) is 30.2 Å². The van der Waals surface area contributed by atoms with E-state index in [1.807, 2.05) is 13.0 Å². The molecule has 0 atom stereocenters. The third-order valence-corrected chi connectivity index (χ3v) is 4.28. The number of benzene rings is 1. The van der Waals surface area contributed by atoms with Crippen LogP contribution in [0.15, 0.2) is 18.2 Å². The van der Waals surface area contributed by atoms with Crippen molar-refractivity contribution in [2.45, 2.75) is 13.3 Å². The van der Waals surface area contributed by atoms with E-state index < -0.39 is 12.6 Å². The van der Waals surface area contributed by atoms with E-state index in [0.29, 0.717) is 23.2 Å². The molecule has 1 heterocycles. The molecule has 0 aliphatic heterocycles. The molecule has 0 saturated carbocycles. The van der Waals surface area contributed by atoms with Gasteiger partial charge in [0.15, 0.2) is 6.61 Å². The Bertz CT molecular complexity index is 863. The van der Waals surface area contributed by atoms with Gasteiger partial charge in [-0.3, -0.25) is 0 Å². The van der Waals surface area contributed by atoms with E-state index in [1.54, 1.807) is 12.1 Å². The Balaban J connectivity index is 2.57. The highest BCUT2D eigenvalue weighted by molar-refractivity contribution is 6.44. The molecule has 6 nitrogen and oxygen atoms in total. The van der Waals surface area contributed by atoms with E-state index in [0.717, 1.165) is 5.56 Å². The van der Waals surface area contributed by atoms with Crippen molar-refractivity contribution >= 4 is 29.2 Å². The standard InChI is InChI=1S/C17H14Cl2N2O4/c1-3-9-6-10(7-20)17(24-2)21-16(9)11-4-5-12(15(19)14(11)18)25-8-13(22)23/h4-6H,3,8H2,1-2H3,(H,22,23). The SMILES string of the molecule is CCc1cc(C#N)c(OC)nc1-c1ccc(OCC(=O)O)c(Cl)c1Cl. The number of hydrogen-bond donors (Lipinski definition) is 1. The number of aryl methyl sites for hydroxylation is 1. The second-order valence-corrected chi connectivity index (χ2v) is 5.70. The number of methoxy groups -OCH3 is 1. The van der Waals surface area contributed by atoms with Crippen LogP contribution in [-0.2, 0) is 11.2 Å². The first-order chi connectivity index (χ1) is 11.9. The van der Waals surface area contributed by atoms with Crippen LogP contribution in [0.3, 0.4) is 0 Å². The highest BCUT2D eigenvalue weighted by Crippen LogP contribution is 2.41. The van der Waals surface area contributed by atoms with Gasteiger partial charge < -0.3 is 14.6 Å². The number of nitriles is 1. The van der Waals surface area contributed by atoms with Crippen LogP contribution >= 0.6 is 23.2 Å². The van der Waals surface area contributed by atoms with Crippen LogP contribution < -0.4 is 9.47 Å². The Morgan fingerprint density at radius 3 is 2.64 bits per heavy atom. The number of halogens is 2. The molecule has 0 aliphatic rings. The van der Waals surface area contributed by atoms with Crippen molar-refractivity contribution in [3.05, 3.63) is 39.4 Å². The van der Waals surface area contributed by atoms with Crippen LogP contribution in [0.2, 0.25) is 10.0 Å². The highest BCUT2D eigenvalue weighted by Gasteiger charge is 2.19. The summed E-state index contributed by atoms with van der Waals surface area (Å²) in [7, 11) is 1.43. The van der Waals surface area contributed by atoms with Crippen molar-refractivity contribution in [3.8, 4) is 29.0 Å². The number of aliphatic carboxylic acids is 1. The number of nitrogens with zero attached hydrogens (tertiary/aromatic N) is 2. The van der Waals surface area contributed by atoms with Gasteiger partial charge in [0.2, 0.25) is 5.88 Å². The molecule has 0 bridgehead atoms. The average Bonchev–Trinajstić information content (AvgIpc) is 2.61. The zero-order valence-corrected chi connectivity index (χ0v) is 15.0. The third-order valence-electron chi connectivity index (χ3n) is 3.41. The fourth-order valence-corrected chi connectivity index (χ4v) is 2.71. The van der Waals surface area contributed by atoms with Crippen molar-refractivity contribution in [1.29, 1.82) is 5.26 Å². The Hall–Kier alpha value is -2.49. The van der Waals surface area contributed by atoms with E-state index in [2.05, 4.69) is 4.98 Å². The maximum Gasteiger partial charge on any atom is 0.341 e. The van der Waals surface area contributed by atoms with E-state index in [4.69, 9.17) is 37.8 Å². The van der Waals surface area contributed by atoms with Crippen LogP contribution in [0, 0.1) is 11.3 Å². The van der Waals surface area contributed by atoms with Gasteiger partial charge in [0.1, 0.15) is 22.4 Å². The van der Waals surface area contributed by atoms with E-state index >= 15 is 0 Å². The Morgan fingerprint density at radius 2 is 2.08 bits per heavy atom. The summed E-state index contributed by atoms with van der Waals surface area (Å²) in [6.07, 6.45) is 0.617. The Morgan fingerprint density at radius 1 is 1.36 bits per heavy atom. The molecule has 8 heteroatoms. The first-order valence-electron chi connectivity index (χ1n) is 7.23. The van der Waals surface area contributed by atoms with E-state index in [-0.39, 0.29) is 21.7 Å². The molecule has 25 heavy (non-hydrogen) atoms. The third kappa shape index (κ3) is 3.95. The summed E-state index contributed by atoms with van der Waals surface area (Å²) in [5.41, 5.74) is 2.20. The summed E-state index contributed by atoms with van der Waals surface area (Å²) < 4.78 is 10.3. The molecular weight excluding hydrogens is 367 g/mol. The fourth-order valence-electron chi connectivity index (χ4n) is 2.24. The second kappa shape index (κ2) is 8.06. The monoisotopic (exact) mass is 380 g/mol. The first kappa shape index (κ1) is 18.8. The molecule has 0 spiro atoms. The average molecular weight is 381 g/mol. The van der Waals surface area contributed by atoms with E-state index in [9.17, 15) is 10.1 Å². The summed E-state index contributed by atoms with van der Waals surface area (Å²) in [4.78, 5) is 15.0.